The van der Waals surface area contributed by atoms with Gasteiger partial charge in [0.25, 0.3) is 6.47 Å². The second kappa shape index (κ2) is 10.7. The first-order valence-electron chi connectivity index (χ1n) is 11.1. The first-order valence-corrected chi connectivity index (χ1v) is 11.1. The molecule has 2 aliphatic rings. The van der Waals surface area contributed by atoms with E-state index in [0.717, 1.165) is 11.8 Å². The summed E-state index contributed by atoms with van der Waals surface area (Å²) in [5.74, 6) is 1.83. The lowest BCUT2D eigenvalue weighted by Crippen LogP contribution is -2.53. The number of ether oxygens (including phenoxy) is 1. The van der Waals surface area contributed by atoms with Crippen LogP contribution in [0.1, 0.15) is 50.8 Å². The van der Waals surface area contributed by atoms with E-state index in [1.807, 2.05) is 20.8 Å². The van der Waals surface area contributed by atoms with Crippen molar-refractivity contribution in [3.63, 3.8) is 0 Å². The zero-order valence-corrected chi connectivity index (χ0v) is 18.6. The lowest BCUT2D eigenvalue weighted by atomic mass is 9.78. The number of benzene rings is 2. The van der Waals surface area contributed by atoms with Crippen molar-refractivity contribution in [1.82, 2.24) is 10.2 Å². The number of carbonyl (C=O) groups excluding carboxylic acids is 1. The molecule has 2 saturated heterocycles. The fraction of sp³-hybridized carbons (Fsp3) is 0.500. The van der Waals surface area contributed by atoms with Crippen LogP contribution in [0.2, 0.25) is 0 Å². The SMILES string of the molecule is CC(C)(C)OC=O.c1ccc(C(c2ccccc2)N2CC(C3CCNCC3)C2)cc1. The Morgan fingerprint density at radius 1 is 0.900 bits per heavy atom. The standard InChI is InChI=1S/C21H26N2.C5H10O2/c1-3-7-18(8-4-1)21(19-9-5-2-6-10-19)23-15-20(16-23)17-11-13-22-14-12-17;1-5(2,3)7-4-6/h1-10,17,20-22H,11-16H2;4H,1-3H3. The van der Waals surface area contributed by atoms with Gasteiger partial charge >= 0.3 is 0 Å². The summed E-state index contributed by atoms with van der Waals surface area (Å²) < 4.78 is 4.55. The average Bonchev–Trinajstić information content (AvgIpc) is 2.72. The summed E-state index contributed by atoms with van der Waals surface area (Å²) >= 11 is 0. The highest BCUT2D eigenvalue weighted by Crippen LogP contribution is 2.38. The quantitative estimate of drug-likeness (QED) is 0.731. The minimum absolute atomic E-state index is 0.318. The number of hydrogen-bond acceptors (Lipinski definition) is 4. The number of hydrogen-bond donors (Lipinski definition) is 1. The first kappa shape index (κ1) is 22.5. The van der Waals surface area contributed by atoms with Crippen LogP contribution in [0.3, 0.4) is 0 Å². The normalized spacial score (nSPS) is 18.3. The van der Waals surface area contributed by atoms with Gasteiger partial charge in [0.05, 0.1) is 6.04 Å². The Morgan fingerprint density at radius 3 is 1.80 bits per heavy atom. The molecule has 2 aromatic carbocycles. The summed E-state index contributed by atoms with van der Waals surface area (Å²) in [6, 6.07) is 22.4. The largest absolute Gasteiger partial charge is 0.462 e. The molecule has 4 heteroatoms. The second-order valence-corrected chi connectivity index (χ2v) is 9.35. The molecular formula is C26H36N2O2. The number of nitrogens with one attached hydrogen (secondary N) is 1. The van der Waals surface area contributed by atoms with Crippen LogP contribution in [0.25, 0.3) is 0 Å². The molecule has 30 heavy (non-hydrogen) atoms. The number of piperidine rings is 1. The summed E-state index contributed by atoms with van der Waals surface area (Å²) in [4.78, 5) is 12.3. The number of likely N-dealkylation sites (tertiary alicyclic amines) is 1. The fourth-order valence-electron chi connectivity index (χ4n) is 4.40. The van der Waals surface area contributed by atoms with Crippen molar-refractivity contribution in [3.8, 4) is 0 Å². The van der Waals surface area contributed by atoms with E-state index in [-0.39, 0.29) is 5.60 Å². The zero-order chi connectivity index (χ0) is 21.4. The van der Waals surface area contributed by atoms with Crippen molar-refractivity contribution in [2.45, 2.75) is 45.3 Å². The molecule has 2 fully saturated rings. The number of nitrogens with zero attached hydrogens (tertiary/aromatic N) is 1. The Balaban J connectivity index is 0.000000318. The molecule has 0 aromatic heterocycles. The maximum absolute atomic E-state index is 9.60. The smallest absolute Gasteiger partial charge is 0.293 e. The van der Waals surface area contributed by atoms with E-state index in [0.29, 0.717) is 12.5 Å². The molecule has 0 unspecified atom stereocenters. The molecule has 2 heterocycles. The lowest BCUT2D eigenvalue weighted by Gasteiger charge is -2.48. The summed E-state index contributed by atoms with van der Waals surface area (Å²) in [5.41, 5.74) is 2.52. The van der Waals surface area contributed by atoms with Gasteiger partial charge in [-0.25, -0.2) is 0 Å². The van der Waals surface area contributed by atoms with Gasteiger partial charge in [0.2, 0.25) is 0 Å². The van der Waals surface area contributed by atoms with Crippen molar-refractivity contribution < 1.29 is 9.53 Å². The molecule has 4 nitrogen and oxygen atoms in total. The second-order valence-electron chi connectivity index (χ2n) is 9.35. The molecule has 4 rings (SSSR count). The fourth-order valence-corrected chi connectivity index (χ4v) is 4.40. The lowest BCUT2D eigenvalue weighted by molar-refractivity contribution is -0.138. The Kier molecular flexibility index (Phi) is 8.06. The summed E-state index contributed by atoms with van der Waals surface area (Å²) in [6.45, 7) is 10.8. The summed E-state index contributed by atoms with van der Waals surface area (Å²) in [7, 11) is 0. The van der Waals surface area contributed by atoms with Gasteiger partial charge in [-0.3, -0.25) is 9.69 Å². The van der Waals surface area contributed by atoms with Crippen LogP contribution in [-0.4, -0.2) is 43.2 Å². The molecule has 0 spiro atoms. The van der Waals surface area contributed by atoms with E-state index < -0.39 is 0 Å². The monoisotopic (exact) mass is 408 g/mol. The summed E-state index contributed by atoms with van der Waals surface area (Å²) in [5, 5.41) is 3.49. The zero-order valence-electron chi connectivity index (χ0n) is 18.6. The van der Waals surface area contributed by atoms with Gasteiger partial charge in [0.1, 0.15) is 5.60 Å². The van der Waals surface area contributed by atoms with Crippen molar-refractivity contribution >= 4 is 6.47 Å². The van der Waals surface area contributed by atoms with Gasteiger partial charge < -0.3 is 10.1 Å². The van der Waals surface area contributed by atoms with Gasteiger partial charge in [0.15, 0.2) is 0 Å². The molecule has 2 aromatic rings. The van der Waals surface area contributed by atoms with Crippen LogP contribution in [0.4, 0.5) is 0 Å². The number of carbonyl (C=O) groups is 1. The number of rotatable bonds is 5. The van der Waals surface area contributed by atoms with Crippen LogP contribution in [0, 0.1) is 11.8 Å². The van der Waals surface area contributed by atoms with E-state index in [4.69, 9.17) is 0 Å². The third kappa shape index (κ3) is 6.41. The van der Waals surface area contributed by atoms with Gasteiger partial charge in [-0.1, -0.05) is 60.7 Å². The Bertz CT molecular complexity index is 706. The van der Waals surface area contributed by atoms with Crippen molar-refractivity contribution in [3.05, 3.63) is 71.8 Å². The van der Waals surface area contributed by atoms with Gasteiger partial charge in [0, 0.05) is 13.1 Å². The van der Waals surface area contributed by atoms with E-state index in [1.54, 1.807) is 0 Å². The molecule has 162 valence electrons. The van der Waals surface area contributed by atoms with Gasteiger partial charge in [-0.2, -0.15) is 0 Å². The molecule has 0 amide bonds. The van der Waals surface area contributed by atoms with Crippen LogP contribution >= 0.6 is 0 Å². The molecule has 0 aliphatic carbocycles. The van der Waals surface area contributed by atoms with Crippen LogP contribution in [-0.2, 0) is 9.53 Å². The van der Waals surface area contributed by atoms with Crippen molar-refractivity contribution in [2.75, 3.05) is 26.2 Å². The van der Waals surface area contributed by atoms with Crippen LogP contribution in [0.5, 0.6) is 0 Å². The molecule has 0 bridgehead atoms. The average molecular weight is 409 g/mol. The highest BCUT2D eigenvalue weighted by Gasteiger charge is 2.38. The first-order chi connectivity index (χ1) is 14.5. The molecule has 0 radical (unpaired) electrons. The minimum Gasteiger partial charge on any atom is -0.462 e. The Labute approximate surface area is 181 Å². The predicted molar refractivity (Wildman–Crippen MR) is 122 cm³/mol. The Hall–Kier alpha value is -2.17. The van der Waals surface area contributed by atoms with Gasteiger partial charge in [-0.05, 0) is 69.7 Å². The molecular weight excluding hydrogens is 372 g/mol. The molecule has 1 N–H and O–H groups in total. The maximum atomic E-state index is 9.60. The predicted octanol–water partition coefficient (Wildman–Crippen LogP) is 4.67. The van der Waals surface area contributed by atoms with Gasteiger partial charge in [-0.15, -0.1) is 0 Å². The molecule has 2 aliphatic heterocycles. The maximum Gasteiger partial charge on any atom is 0.293 e. The molecule has 0 atom stereocenters. The Morgan fingerprint density at radius 2 is 1.40 bits per heavy atom. The van der Waals surface area contributed by atoms with Crippen LogP contribution < -0.4 is 5.32 Å². The van der Waals surface area contributed by atoms with E-state index in [2.05, 4.69) is 75.6 Å². The van der Waals surface area contributed by atoms with Crippen molar-refractivity contribution in [2.24, 2.45) is 11.8 Å². The highest BCUT2D eigenvalue weighted by atomic mass is 16.5. The third-order valence-electron chi connectivity index (χ3n) is 5.99. The van der Waals surface area contributed by atoms with Crippen molar-refractivity contribution in [1.29, 1.82) is 0 Å². The van der Waals surface area contributed by atoms with E-state index in [9.17, 15) is 4.79 Å². The molecule has 0 saturated carbocycles. The topological polar surface area (TPSA) is 41.6 Å². The highest BCUT2D eigenvalue weighted by molar-refractivity contribution is 5.37. The van der Waals surface area contributed by atoms with E-state index >= 15 is 0 Å². The van der Waals surface area contributed by atoms with E-state index in [1.165, 1.54) is 50.1 Å². The summed E-state index contributed by atoms with van der Waals surface area (Å²) in [6.07, 6.45) is 2.72. The third-order valence-corrected chi connectivity index (χ3v) is 5.99. The minimum atomic E-state index is -0.318. The van der Waals surface area contributed by atoms with Crippen LogP contribution in [0.15, 0.2) is 60.7 Å².